The number of ether oxygens (including phenoxy) is 3. The number of amides is 1. The highest BCUT2D eigenvalue weighted by Gasteiger charge is 2.16. The first-order valence-corrected chi connectivity index (χ1v) is 9.02. The van der Waals surface area contributed by atoms with E-state index in [1.54, 1.807) is 18.2 Å². The lowest BCUT2D eigenvalue weighted by atomic mass is 10.2. The number of rotatable bonds is 8. The lowest BCUT2D eigenvalue weighted by Crippen LogP contribution is -2.28. The zero-order valence-electron chi connectivity index (χ0n) is 15.3. The molecule has 0 aliphatic carbocycles. The van der Waals surface area contributed by atoms with Crippen LogP contribution in [-0.2, 0) is 24.3 Å². The van der Waals surface area contributed by atoms with Gasteiger partial charge in [0.1, 0.15) is 0 Å². The van der Waals surface area contributed by atoms with Crippen molar-refractivity contribution in [2.75, 3.05) is 26.4 Å². The van der Waals surface area contributed by atoms with Crippen molar-refractivity contribution in [3.63, 3.8) is 0 Å². The summed E-state index contributed by atoms with van der Waals surface area (Å²) < 4.78 is 18.5. The van der Waals surface area contributed by atoms with Crippen LogP contribution in [0.3, 0.4) is 0 Å². The average molecular weight is 359 g/mol. The first kappa shape index (κ1) is 18.3. The Balaban J connectivity index is 1.59. The van der Waals surface area contributed by atoms with Crippen LogP contribution in [0.25, 0.3) is 0 Å². The summed E-state index contributed by atoms with van der Waals surface area (Å²) in [7, 11) is 0. The van der Waals surface area contributed by atoms with Gasteiger partial charge in [-0.1, -0.05) is 0 Å². The van der Waals surface area contributed by atoms with Crippen LogP contribution in [0.15, 0.2) is 24.4 Å². The highest BCUT2D eigenvalue weighted by molar-refractivity contribution is 5.94. The molecular weight excluding hydrogens is 334 g/mol. The summed E-state index contributed by atoms with van der Waals surface area (Å²) in [4.78, 5) is 12.4. The van der Waals surface area contributed by atoms with Gasteiger partial charge in [0.05, 0.1) is 39.2 Å². The second kappa shape index (κ2) is 8.71. The zero-order chi connectivity index (χ0) is 18.4. The van der Waals surface area contributed by atoms with E-state index in [1.807, 2.05) is 24.7 Å². The fourth-order valence-corrected chi connectivity index (χ4v) is 2.97. The molecule has 0 fully saturated rings. The van der Waals surface area contributed by atoms with E-state index in [0.717, 1.165) is 18.6 Å². The number of carbonyl (C=O) groups is 1. The Bertz CT molecular complexity index is 757. The normalized spacial score (nSPS) is 13.2. The molecular formula is C19H25N3O4. The maximum absolute atomic E-state index is 12.4. The van der Waals surface area contributed by atoms with Gasteiger partial charge in [0, 0.05) is 29.8 Å². The van der Waals surface area contributed by atoms with Gasteiger partial charge < -0.3 is 19.5 Å². The maximum atomic E-state index is 12.4. The minimum absolute atomic E-state index is 0.140. The molecule has 1 aliphatic heterocycles. The maximum Gasteiger partial charge on any atom is 0.251 e. The van der Waals surface area contributed by atoms with Crippen molar-refractivity contribution in [2.24, 2.45) is 0 Å². The molecule has 1 aromatic carbocycles. The van der Waals surface area contributed by atoms with Crippen molar-refractivity contribution >= 4 is 5.91 Å². The molecule has 0 bridgehead atoms. The van der Waals surface area contributed by atoms with E-state index in [0.29, 0.717) is 50.0 Å². The van der Waals surface area contributed by atoms with Crippen LogP contribution in [0.4, 0.5) is 0 Å². The molecule has 2 heterocycles. The molecule has 26 heavy (non-hydrogen) atoms. The van der Waals surface area contributed by atoms with Crippen LogP contribution in [0.5, 0.6) is 11.5 Å². The van der Waals surface area contributed by atoms with Gasteiger partial charge >= 0.3 is 0 Å². The Morgan fingerprint density at radius 2 is 2.08 bits per heavy atom. The van der Waals surface area contributed by atoms with E-state index in [-0.39, 0.29) is 5.91 Å². The second-order valence-corrected chi connectivity index (χ2v) is 5.93. The second-order valence-electron chi connectivity index (χ2n) is 5.93. The van der Waals surface area contributed by atoms with Crippen molar-refractivity contribution in [1.29, 1.82) is 0 Å². The van der Waals surface area contributed by atoms with Gasteiger partial charge in [-0.3, -0.25) is 9.48 Å². The number of hydrogen-bond donors (Lipinski definition) is 1. The van der Waals surface area contributed by atoms with Gasteiger partial charge in [0.15, 0.2) is 11.5 Å². The third-order valence-electron chi connectivity index (χ3n) is 4.19. The van der Waals surface area contributed by atoms with E-state index in [2.05, 4.69) is 10.4 Å². The molecule has 0 saturated heterocycles. The predicted octanol–water partition coefficient (Wildman–Crippen LogP) is 2.18. The molecule has 1 amide bonds. The molecule has 1 aliphatic rings. The minimum atomic E-state index is -0.140. The molecule has 2 aromatic rings. The summed E-state index contributed by atoms with van der Waals surface area (Å²) in [5, 5.41) is 7.32. The lowest BCUT2D eigenvalue weighted by Gasteiger charge is -2.15. The zero-order valence-corrected chi connectivity index (χ0v) is 15.3. The Morgan fingerprint density at radius 3 is 2.88 bits per heavy atom. The van der Waals surface area contributed by atoms with Gasteiger partial charge in [0.2, 0.25) is 0 Å². The van der Waals surface area contributed by atoms with Crippen LogP contribution < -0.4 is 14.8 Å². The summed E-state index contributed by atoms with van der Waals surface area (Å²) in [6.45, 7) is 7.35. The first-order chi connectivity index (χ1) is 12.7. The minimum Gasteiger partial charge on any atom is -0.490 e. The van der Waals surface area contributed by atoms with E-state index < -0.39 is 0 Å². The number of nitrogens with zero attached hydrogens (tertiary/aromatic N) is 2. The Morgan fingerprint density at radius 1 is 1.27 bits per heavy atom. The van der Waals surface area contributed by atoms with Crippen molar-refractivity contribution < 1.29 is 19.0 Å². The van der Waals surface area contributed by atoms with Crippen LogP contribution in [0, 0.1) is 0 Å². The molecule has 0 unspecified atom stereocenters. The quantitative estimate of drug-likeness (QED) is 0.782. The number of fused-ring (bicyclic) bond motifs is 1. The Hall–Kier alpha value is -2.54. The number of nitrogens with one attached hydrogen (secondary N) is 1. The summed E-state index contributed by atoms with van der Waals surface area (Å²) in [6.07, 6.45) is 2.71. The number of benzene rings is 1. The molecule has 1 N–H and O–H groups in total. The molecule has 0 radical (unpaired) electrons. The first-order valence-electron chi connectivity index (χ1n) is 9.02. The molecule has 3 rings (SSSR count). The van der Waals surface area contributed by atoms with Crippen molar-refractivity contribution in [1.82, 2.24) is 15.1 Å². The van der Waals surface area contributed by atoms with Gasteiger partial charge in [-0.2, -0.15) is 5.10 Å². The number of aromatic nitrogens is 2. The topological polar surface area (TPSA) is 74.6 Å². The Kier molecular flexibility index (Phi) is 6.12. The van der Waals surface area contributed by atoms with Crippen LogP contribution in [-0.4, -0.2) is 42.1 Å². The smallest absolute Gasteiger partial charge is 0.251 e. The third-order valence-corrected chi connectivity index (χ3v) is 4.19. The van der Waals surface area contributed by atoms with Gasteiger partial charge in [0.25, 0.3) is 5.91 Å². The van der Waals surface area contributed by atoms with E-state index in [4.69, 9.17) is 14.2 Å². The molecule has 0 saturated carbocycles. The standard InChI is InChI=1S/C19H25N3O4/c1-3-25-17-6-5-14(11-18(17)26-4-2)19(23)20-8-9-22-16-7-10-24-13-15(16)12-21-22/h5-6,11-12H,3-4,7-10,13H2,1-2H3,(H,20,23). The molecule has 7 nitrogen and oxygen atoms in total. The molecule has 7 heteroatoms. The molecule has 0 atom stereocenters. The summed E-state index contributed by atoms with van der Waals surface area (Å²) in [5.41, 5.74) is 2.88. The molecule has 140 valence electrons. The monoisotopic (exact) mass is 359 g/mol. The molecule has 0 spiro atoms. The van der Waals surface area contributed by atoms with Crippen LogP contribution >= 0.6 is 0 Å². The van der Waals surface area contributed by atoms with Crippen molar-refractivity contribution in [3.05, 3.63) is 41.2 Å². The molecule has 1 aromatic heterocycles. The van der Waals surface area contributed by atoms with Gasteiger partial charge in [-0.05, 0) is 32.0 Å². The Labute approximate surface area is 153 Å². The summed E-state index contributed by atoms with van der Waals surface area (Å²) >= 11 is 0. The van der Waals surface area contributed by atoms with Crippen molar-refractivity contribution in [2.45, 2.75) is 33.4 Å². The largest absolute Gasteiger partial charge is 0.490 e. The highest BCUT2D eigenvalue weighted by atomic mass is 16.5. The fraction of sp³-hybridized carbons (Fsp3) is 0.474. The van der Waals surface area contributed by atoms with Gasteiger partial charge in [-0.15, -0.1) is 0 Å². The average Bonchev–Trinajstić information content (AvgIpc) is 3.07. The third kappa shape index (κ3) is 4.16. The SMILES string of the molecule is CCOc1ccc(C(=O)NCCn2ncc3c2CCOC3)cc1OCC. The summed E-state index contributed by atoms with van der Waals surface area (Å²) in [5.74, 6) is 1.10. The van der Waals surface area contributed by atoms with Crippen molar-refractivity contribution in [3.8, 4) is 11.5 Å². The van der Waals surface area contributed by atoms with Crippen LogP contribution in [0.2, 0.25) is 0 Å². The van der Waals surface area contributed by atoms with Crippen LogP contribution in [0.1, 0.15) is 35.5 Å². The fourth-order valence-electron chi connectivity index (χ4n) is 2.97. The highest BCUT2D eigenvalue weighted by Crippen LogP contribution is 2.28. The van der Waals surface area contributed by atoms with E-state index in [9.17, 15) is 4.79 Å². The number of carbonyl (C=O) groups excluding carboxylic acids is 1. The summed E-state index contributed by atoms with van der Waals surface area (Å²) in [6, 6.07) is 5.24. The van der Waals surface area contributed by atoms with Gasteiger partial charge in [-0.25, -0.2) is 0 Å². The van der Waals surface area contributed by atoms with E-state index in [1.165, 1.54) is 5.69 Å². The number of hydrogen-bond acceptors (Lipinski definition) is 5. The van der Waals surface area contributed by atoms with E-state index >= 15 is 0 Å². The predicted molar refractivity (Wildman–Crippen MR) is 96.7 cm³/mol. The lowest BCUT2D eigenvalue weighted by molar-refractivity contribution is 0.0949.